The number of aromatic nitrogens is 1. The fourth-order valence-electron chi connectivity index (χ4n) is 2.18. The Morgan fingerprint density at radius 3 is 2.08 bits per heavy atom. The third-order valence-corrected chi connectivity index (χ3v) is 3.54. The Balaban J connectivity index is 1.58. The van der Waals surface area contributed by atoms with Gasteiger partial charge in [-0.05, 0) is 53.1 Å². The lowest BCUT2D eigenvalue weighted by molar-refractivity contribution is 0.306. The number of benzene rings is 2. The van der Waals surface area contributed by atoms with Crippen LogP contribution in [0.2, 0.25) is 0 Å². The lowest BCUT2D eigenvalue weighted by Gasteiger charge is -2.06. The molecule has 0 saturated carbocycles. The molecule has 0 aliphatic carbocycles. The van der Waals surface area contributed by atoms with Crippen molar-refractivity contribution in [2.24, 2.45) is 0 Å². The molecule has 3 aromatic rings. The first-order valence-corrected chi connectivity index (χ1v) is 7.63. The molecule has 3 nitrogen and oxygen atoms in total. The monoisotopic (exact) mass is 312 g/mol. The fourth-order valence-corrected chi connectivity index (χ4v) is 2.18. The van der Waals surface area contributed by atoms with Crippen LogP contribution in [0.1, 0.15) is 22.3 Å². The topological polar surface area (TPSA) is 45.9 Å². The van der Waals surface area contributed by atoms with E-state index in [0.29, 0.717) is 12.2 Å². The van der Waals surface area contributed by atoms with Gasteiger partial charge in [-0.15, -0.1) is 0 Å². The van der Waals surface area contributed by atoms with Crippen molar-refractivity contribution in [3.05, 3.63) is 95.3 Å². The Morgan fingerprint density at radius 2 is 1.46 bits per heavy atom. The molecule has 0 fully saturated rings. The Bertz CT molecular complexity index is 845. The lowest BCUT2D eigenvalue weighted by Crippen LogP contribution is -1.95. The third kappa shape index (κ3) is 4.31. The van der Waals surface area contributed by atoms with Gasteiger partial charge in [-0.3, -0.25) is 4.98 Å². The molecule has 1 aromatic heterocycles. The molecule has 0 aliphatic rings. The average Bonchev–Trinajstić information content (AvgIpc) is 2.67. The molecule has 0 spiro atoms. The molecule has 2 aromatic carbocycles. The number of nitrogens with zero attached hydrogens (tertiary/aromatic N) is 2. The van der Waals surface area contributed by atoms with Gasteiger partial charge in [0.25, 0.3) is 0 Å². The van der Waals surface area contributed by atoms with E-state index < -0.39 is 0 Å². The normalized spacial score (nSPS) is 10.5. The molecule has 116 valence electrons. The summed E-state index contributed by atoms with van der Waals surface area (Å²) in [6, 6.07) is 21.4. The molecule has 0 bridgehead atoms. The third-order valence-electron chi connectivity index (χ3n) is 3.54. The molecule has 3 heteroatoms. The van der Waals surface area contributed by atoms with Crippen molar-refractivity contribution >= 4 is 12.2 Å². The summed E-state index contributed by atoms with van der Waals surface area (Å²) in [6.45, 7) is 0.500. The van der Waals surface area contributed by atoms with Gasteiger partial charge in [0.05, 0.1) is 11.6 Å². The van der Waals surface area contributed by atoms with Crippen molar-refractivity contribution in [3.8, 4) is 11.8 Å². The Hall–Kier alpha value is -3.38. The Labute approximate surface area is 141 Å². The van der Waals surface area contributed by atoms with Gasteiger partial charge in [-0.1, -0.05) is 36.4 Å². The smallest absolute Gasteiger partial charge is 0.119 e. The van der Waals surface area contributed by atoms with Gasteiger partial charge in [0.15, 0.2) is 0 Å². The second kappa shape index (κ2) is 7.75. The summed E-state index contributed by atoms with van der Waals surface area (Å²) in [5, 5.41) is 8.78. The van der Waals surface area contributed by atoms with Crippen molar-refractivity contribution in [1.29, 1.82) is 5.26 Å². The van der Waals surface area contributed by atoms with E-state index in [1.807, 2.05) is 24.3 Å². The molecule has 0 N–H and O–H groups in total. The van der Waals surface area contributed by atoms with Crippen LogP contribution in [0, 0.1) is 11.3 Å². The predicted molar refractivity (Wildman–Crippen MR) is 95.1 cm³/mol. The van der Waals surface area contributed by atoms with Crippen LogP contribution in [0.5, 0.6) is 5.75 Å². The minimum absolute atomic E-state index is 0.500. The van der Waals surface area contributed by atoms with Gasteiger partial charge in [0, 0.05) is 12.4 Å². The summed E-state index contributed by atoms with van der Waals surface area (Å²) < 4.78 is 5.73. The van der Waals surface area contributed by atoms with Crippen LogP contribution in [-0.4, -0.2) is 4.98 Å². The van der Waals surface area contributed by atoms with Crippen LogP contribution in [0.4, 0.5) is 0 Å². The zero-order valence-electron chi connectivity index (χ0n) is 13.1. The minimum Gasteiger partial charge on any atom is -0.489 e. The molecular formula is C21H16N2O. The van der Waals surface area contributed by atoms with Crippen LogP contribution in [0.25, 0.3) is 12.2 Å². The van der Waals surface area contributed by atoms with E-state index in [9.17, 15) is 0 Å². The maximum atomic E-state index is 8.78. The summed E-state index contributed by atoms with van der Waals surface area (Å²) in [5.74, 6) is 0.760. The summed E-state index contributed by atoms with van der Waals surface area (Å²) in [4.78, 5) is 4.00. The van der Waals surface area contributed by atoms with Crippen LogP contribution >= 0.6 is 0 Å². The van der Waals surface area contributed by atoms with Crippen molar-refractivity contribution in [2.75, 3.05) is 0 Å². The first-order chi connectivity index (χ1) is 11.8. The fraction of sp³-hybridized carbons (Fsp3) is 0.0476. The van der Waals surface area contributed by atoms with E-state index in [0.717, 1.165) is 22.4 Å². The van der Waals surface area contributed by atoms with E-state index in [4.69, 9.17) is 10.00 Å². The Kier molecular flexibility index (Phi) is 5.01. The minimum atomic E-state index is 0.500. The van der Waals surface area contributed by atoms with Gasteiger partial charge in [-0.2, -0.15) is 5.26 Å². The van der Waals surface area contributed by atoms with Gasteiger partial charge in [0.2, 0.25) is 0 Å². The van der Waals surface area contributed by atoms with Gasteiger partial charge in [0.1, 0.15) is 12.4 Å². The highest BCUT2D eigenvalue weighted by atomic mass is 16.5. The molecule has 0 radical (unpaired) electrons. The number of hydrogen-bond acceptors (Lipinski definition) is 3. The van der Waals surface area contributed by atoms with E-state index in [2.05, 4.69) is 47.5 Å². The van der Waals surface area contributed by atoms with E-state index in [-0.39, 0.29) is 0 Å². The molecule has 1 heterocycles. The predicted octanol–water partition coefficient (Wildman–Crippen LogP) is 4.70. The molecule has 0 unspecified atom stereocenters. The summed E-state index contributed by atoms with van der Waals surface area (Å²) in [7, 11) is 0. The SMILES string of the molecule is N#Cc1ccc(OCc2ccc(/C=C/c3ccncc3)cc2)cc1. The Morgan fingerprint density at radius 1 is 0.833 bits per heavy atom. The number of nitriles is 1. The summed E-state index contributed by atoms with van der Waals surface area (Å²) in [5.41, 5.74) is 3.99. The highest BCUT2D eigenvalue weighted by molar-refractivity contribution is 5.69. The highest BCUT2D eigenvalue weighted by Gasteiger charge is 1.97. The van der Waals surface area contributed by atoms with Gasteiger partial charge < -0.3 is 4.74 Å². The quantitative estimate of drug-likeness (QED) is 0.686. The zero-order chi connectivity index (χ0) is 16.6. The second-order valence-corrected chi connectivity index (χ2v) is 5.28. The van der Waals surface area contributed by atoms with Crippen molar-refractivity contribution in [1.82, 2.24) is 4.98 Å². The first kappa shape index (κ1) is 15.5. The van der Waals surface area contributed by atoms with E-state index >= 15 is 0 Å². The molecule has 24 heavy (non-hydrogen) atoms. The maximum Gasteiger partial charge on any atom is 0.119 e. The number of rotatable bonds is 5. The van der Waals surface area contributed by atoms with Crippen molar-refractivity contribution in [3.63, 3.8) is 0 Å². The maximum absolute atomic E-state index is 8.78. The molecular weight excluding hydrogens is 296 g/mol. The van der Waals surface area contributed by atoms with E-state index in [1.165, 1.54) is 0 Å². The van der Waals surface area contributed by atoms with Crippen LogP contribution in [-0.2, 0) is 6.61 Å². The lowest BCUT2D eigenvalue weighted by atomic mass is 10.1. The van der Waals surface area contributed by atoms with Crippen LogP contribution in [0.15, 0.2) is 73.1 Å². The average molecular weight is 312 g/mol. The molecule has 3 rings (SSSR count). The molecule has 0 amide bonds. The molecule has 0 saturated heterocycles. The standard InChI is InChI=1S/C21H16N2O/c22-15-19-7-9-21(10-8-19)24-16-20-5-3-17(4-6-20)1-2-18-11-13-23-14-12-18/h1-14H,16H2/b2-1+. The molecule has 0 atom stereocenters. The highest BCUT2D eigenvalue weighted by Crippen LogP contribution is 2.15. The van der Waals surface area contributed by atoms with E-state index in [1.54, 1.807) is 24.5 Å². The summed E-state index contributed by atoms with van der Waals surface area (Å²) in [6.07, 6.45) is 7.69. The van der Waals surface area contributed by atoms with Crippen LogP contribution < -0.4 is 4.74 Å². The van der Waals surface area contributed by atoms with Crippen molar-refractivity contribution in [2.45, 2.75) is 6.61 Å². The zero-order valence-corrected chi connectivity index (χ0v) is 13.1. The van der Waals surface area contributed by atoms with Crippen molar-refractivity contribution < 1.29 is 4.74 Å². The second-order valence-electron chi connectivity index (χ2n) is 5.28. The number of ether oxygens (including phenoxy) is 1. The van der Waals surface area contributed by atoms with Gasteiger partial charge >= 0.3 is 0 Å². The first-order valence-electron chi connectivity index (χ1n) is 7.63. The number of hydrogen-bond donors (Lipinski definition) is 0. The summed E-state index contributed by atoms with van der Waals surface area (Å²) >= 11 is 0. The van der Waals surface area contributed by atoms with Crippen LogP contribution in [0.3, 0.4) is 0 Å². The number of pyridine rings is 1. The van der Waals surface area contributed by atoms with Gasteiger partial charge in [-0.25, -0.2) is 0 Å². The molecule has 0 aliphatic heterocycles. The largest absolute Gasteiger partial charge is 0.489 e.